The van der Waals surface area contributed by atoms with Gasteiger partial charge in [-0.2, -0.15) is 5.26 Å². The van der Waals surface area contributed by atoms with Gasteiger partial charge in [0.1, 0.15) is 17.4 Å². The maximum atomic E-state index is 13.6. The predicted molar refractivity (Wildman–Crippen MR) is 65.3 cm³/mol. The Balaban J connectivity index is 2.35. The summed E-state index contributed by atoms with van der Waals surface area (Å²) < 4.78 is 18.9. The van der Waals surface area contributed by atoms with Crippen LogP contribution in [0.2, 0.25) is 0 Å². The van der Waals surface area contributed by atoms with Crippen molar-refractivity contribution < 1.29 is 19.0 Å². The molecule has 1 aliphatic heterocycles. The fourth-order valence-corrected chi connectivity index (χ4v) is 2.21. The van der Waals surface area contributed by atoms with Gasteiger partial charge in [0, 0.05) is 6.54 Å². The summed E-state index contributed by atoms with van der Waals surface area (Å²) in [4.78, 5) is 12.6. The normalized spacial score (nSPS) is 18.9. The van der Waals surface area contributed by atoms with Gasteiger partial charge in [-0.15, -0.1) is 0 Å². The molecule has 0 aliphatic carbocycles. The number of carboxylic acid groups (broad SMARTS) is 1. The van der Waals surface area contributed by atoms with Gasteiger partial charge in [-0.05, 0) is 12.1 Å². The van der Waals surface area contributed by atoms with Crippen molar-refractivity contribution in [1.29, 1.82) is 5.26 Å². The molecule has 19 heavy (non-hydrogen) atoms. The van der Waals surface area contributed by atoms with Crippen LogP contribution in [0.3, 0.4) is 0 Å². The summed E-state index contributed by atoms with van der Waals surface area (Å²) in [5, 5.41) is 17.9. The lowest BCUT2D eigenvalue weighted by Gasteiger charge is -2.37. The summed E-state index contributed by atoms with van der Waals surface area (Å²) in [7, 11) is 0. The highest BCUT2D eigenvalue weighted by atomic mass is 19.1. The van der Waals surface area contributed by atoms with Crippen LogP contribution in [-0.4, -0.2) is 36.9 Å². The molecule has 1 aliphatic rings. The molecule has 1 atom stereocenters. The molecule has 1 heterocycles. The maximum absolute atomic E-state index is 13.6. The Labute approximate surface area is 109 Å². The van der Waals surface area contributed by atoms with Gasteiger partial charge in [0.15, 0.2) is 0 Å². The van der Waals surface area contributed by atoms with Crippen LogP contribution in [0.5, 0.6) is 0 Å². The van der Waals surface area contributed by atoms with E-state index >= 15 is 0 Å². The van der Waals surface area contributed by atoms with Gasteiger partial charge < -0.3 is 14.7 Å². The Kier molecular flexibility index (Phi) is 3.97. The van der Waals surface area contributed by atoms with E-state index in [0.717, 1.165) is 0 Å². The topological polar surface area (TPSA) is 73.6 Å². The maximum Gasteiger partial charge on any atom is 0.305 e. The van der Waals surface area contributed by atoms with E-state index in [-0.39, 0.29) is 24.6 Å². The molecule has 0 bridgehead atoms. The summed E-state index contributed by atoms with van der Waals surface area (Å²) >= 11 is 0. The lowest BCUT2D eigenvalue weighted by Crippen LogP contribution is -2.47. The highest BCUT2D eigenvalue weighted by molar-refractivity contribution is 5.69. The van der Waals surface area contributed by atoms with E-state index in [2.05, 4.69) is 0 Å². The number of aliphatic carboxylic acids is 1. The molecule has 1 fully saturated rings. The number of rotatable bonds is 3. The van der Waals surface area contributed by atoms with Crippen molar-refractivity contribution in [2.45, 2.75) is 12.5 Å². The van der Waals surface area contributed by atoms with Gasteiger partial charge in [0.25, 0.3) is 0 Å². The molecule has 1 saturated heterocycles. The van der Waals surface area contributed by atoms with Crippen molar-refractivity contribution in [1.82, 2.24) is 0 Å². The predicted octanol–water partition coefficient (Wildman–Crippen LogP) is 1.38. The van der Waals surface area contributed by atoms with E-state index in [1.807, 2.05) is 6.07 Å². The number of halogens is 1. The molecule has 0 saturated carbocycles. The molecule has 0 aromatic heterocycles. The van der Waals surface area contributed by atoms with Crippen LogP contribution in [0.15, 0.2) is 18.2 Å². The number of nitrogens with zero attached hydrogens (tertiary/aromatic N) is 2. The molecule has 2 rings (SSSR count). The van der Waals surface area contributed by atoms with E-state index in [1.54, 1.807) is 11.0 Å². The lowest BCUT2D eigenvalue weighted by atomic mass is 10.1. The Morgan fingerprint density at radius 1 is 1.63 bits per heavy atom. The Hall–Kier alpha value is -2.13. The molecule has 6 heteroatoms. The monoisotopic (exact) mass is 264 g/mol. The first-order valence-electron chi connectivity index (χ1n) is 5.88. The van der Waals surface area contributed by atoms with Gasteiger partial charge in [-0.25, -0.2) is 4.39 Å². The zero-order valence-corrected chi connectivity index (χ0v) is 10.2. The van der Waals surface area contributed by atoms with Gasteiger partial charge in [0.05, 0.1) is 31.4 Å². The van der Waals surface area contributed by atoms with Crippen molar-refractivity contribution in [2.24, 2.45) is 0 Å². The van der Waals surface area contributed by atoms with Crippen LogP contribution in [0.25, 0.3) is 0 Å². The Morgan fingerprint density at radius 2 is 2.42 bits per heavy atom. The third-order valence-electron chi connectivity index (χ3n) is 3.05. The number of benzene rings is 1. The van der Waals surface area contributed by atoms with Crippen LogP contribution in [0.1, 0.15) is 12.0 Å². The number of morpholine rings is 1. The number of hydrogen-bond donors (Lipinski definition) is 1. The molecule has 0 radical (unpaired) electrons. The average Bonchev–Trinajstić information content (AvgIpc) is 2.38. The van der Waals surface area contributed by atoms with E-state index in [1.165, 1.54) is 12.1 Å². The third-order valence-corrected chi connectivity index (χ3v) is 3.05. The molecule has 1 unspecified atom stereocenters. The van der Waals surface area contributed by atoms with Gasteiger partial charge in [-0.1, -0.05) is 6.07 Å². The van der Waals surface area contributed by atoms with Crippen LogP contribution in [-0.2, 0) is 9.53 Å². The fourth-order valence-electron chi connectivity index (χ4n) is 2.21. The number of anilines is 1. The Morgan fingerprint density at radius 3 is 3.11 bits per heavy atom. The summed E-state index contributed by atoms with van der Waals surface area (Å²) in [6.45, 7) is 1.13. The van der Waals surface area contributed by atoms with Crippen LogP contribution < -0.4 is 4.90 Å². The third kappa shape index (κ3) is 2.83. The minimum absolute atomic E-state index is 0.0558. The molecule has 0 amide bonds. The molecule has 0 spiro atoms. The first-order chi connectivity index (χ1) is 9.13. The fraction of sp³-hybridized carbons (Fsp3) is 0.385. The number of nitriles is 1. The molecule has 1 N–H and O–H groups in total. The Bertz CT molecular complexity index is 527. The van der Waals surface area contributed by atoms with Crippen molar-refractivity contribution in [3.63, 3.8) is 0 Å². The molecule has 1 aromatic carbocycles. The van der Waals surface area contributed by atoms with Crippen molar-refractivity contribution in [2.75, 3.05) is 24.7 Å². The van der Waals surface area contributed by atoms with Gasteiger partial charge in [0.2, 0.25) is 0 Å². The first kappa shape index (κ1) is 13.3. The van der Waals surface area contributed by atoms with Gasteiger partial charge in [-0.3, -0.25) is 4.79 Å². The number of carbonyl (C=O) groups is 1. The lowest BCUT2D eigenvalue weighted by molar-refractivity contribution is -0.138. The van der Waals surface area contributed by atoms with E-state index in [0.29, 0.717) is 18.8 Å². The van der Waals surface area contributed by atoms with E-state index in [4.69, 9.17) is 15.1 Å². The first-order valence-corrected chi connectivity index (χ1v) is 5.88. The number of carboxylic acids is 1. The molecule has 1 aromatic rings. The van der Waals surface area contributed by atoms with E-state index in [9.17, 15) is 9.18 Å². The van der Waals surface area contributed by atoms with Crippen LogP contribution >= 0.6 is 0 Å². The second kappa shape index (κ2) is 5.67. The second-order valence-corrected chi connectivity index (χ2v) is 4.27. The van der Waals surface area contributed by atoms with Gasteiger partial charge >= 0.3 is 5.97 Å². The van der Waals surface area contributed by atoms with Crippen molar-refractivity contribution in [3.8, 4) is 6.07 Å². The summed E-state index contributed by atoms with van der Waals surface area (Å²) in [5.41, 5.74) is 0.372. The van der Waals surface area contributed by atoms with E-state index < -0.39 is 11.8 Å². The average molecular weight is 264 g/mol. The minimum atomic E-state index is -0.949. The summed E-state index contributed by atoms with van der Waals surface area (Å²) in [6.07, 6.45) is -0.110. The second-order valence-electron chi connectivity index (χ2n) is 4.27. The minimum Gasteiger partial charge on any atom is -0.481 e. The number of ether oxygens (including phenoxy) is 1. The van der Waals surface area contributed by atoms with Crippen LogP contribution in [0, 0.1) is 17.1 Å². The zero-order chi connectivity index (χ0) is 13.8. The highest BCUT2D eigenvalue weighted by Gasteiger charge is 2.27. The molecular formula is C13H13FN2O3. The summed E-state index contributed by atoms with van der Waals surface area (Å²) in [5.74, 6) is -1.55. The quantitative estimate of drug-likeness (QED) is 0.892. The molecule has 5 nitrogen and oxygen atoms in total. The number of hydrogen-bond acceptors (Lipinski definition) is 4. The highest BCUT2D eigenvalue weighted by Crippen LogP contribution is 2.26. The van der Waals surface area contributed by atoms with Crippen molar-refractivity contribution in [3.05, 3.63) is 29.6 Å². The van der Waals surface area contributed by atoms with Crippen molar-refractivity contribution >= 4 is 11.7 Å². The zero-order valence-electron chi connectivity index (χ0n) is 10.2. The largest absolute Gasteiger partial charge is 0.481 e. The molecule has 100 valence electrons. The molecular weight excluding hydrogens is 251 g/mol. The standard InChI is InChI=1S/C13H13FN2O3/c14-11-2-1-3-12(10(11)7-15)16-4-5-19-8-9(16)6-13(17)18/h1-3,9H,4-6,8H2,(H,17,18). The SMILES string of the molecule is N#Cc1c(F)cccc1N1CCOCC1CC(=O)O. The van der Waals surface area contributed by atoms with Crippen LogP contribution in [0.4, 0.5) is 10.1 Å². The smallest absolute Gasteiger partial charge is 0.305 e. The summed E-state index contributed by atoms with van der Waals surface area (Å²) in [6, 6.07) is 5.80.